The Bertz CT molecular complexity index is 921. The van der Waals surface area contributed by atoms with E-state index >= 15 is 0 Å². The summed E-state index contributed by atoms with van der Waals surface area (Å²) < 4.78 is 42.5. The lowest BCUT2D eigenvalue weighted by molar-refractivity contribution is -0.153. The first kappa shape index (κ1) is 18.6. The smallest absolute Gasteiger partial charge is 0.422 e. The molecule has 7 nitrogen and oxygen atoms in total. The van der Waals surface area contributed by atoms with E-state index < -0.39 is 35.5 Å². The topological polar surface area (TPSA) is 93.2 Å². The van der Waals surface area contributed by atoms with Crippen molar-refractivity contribution in [2.24, 2.45) is 7.05 Å². The van der Waals surface area contributed by atoms with Gasteiger partial charge in [0.25, 0.3) is 11.5 Å². The van der Waals surface area contributed by atoms with Crippen LogP contribution in [-0.4, -0.2) is 28.2 Å². The Balaban J connectivity index is 2.31. The highest BCUT2D eigenvalue weighted by atomic mass is 35.5. The SMILES string of the molecule is Cn1cc(C(=O)Nc2ccc(Cl)cc2OCC(F)(F)F)c(=O)[nH]c1=O. The number of ether oxygens (including phenoxy) is 1. The molecule has 2 aromatic rings. The number of aromatic amines is 1. The van der Waals surface area contributed by atoms with Crippen LogP contribution in [0.15, 0.2) is 34.0 Å². The molecule has 0 aliphatic rings. The van der Waals surface area contributed by atoms with E-state index in [2.05, 4.69) is 10.1 Å². The molecule has 134 valence electrons. The van der Waals surface area contributed by atoms with Crippen molar-refractivity contribution in [2.45, 2.75) is 6.18 Å². The third-order valence-corrected chi connectivity index (χ3v) is 3.17. The molecule has 0 spiro atoms. The van der Waals surface area contributed by atoms with Gasteiger partial charge in [-0.2, -0.15) is 13.2 Å². The second-order valence-electron chi connectivity index (χ2n) is 4.91. The summed E-state index contributed by atoms with van der Waals surface area (Å²) in [6, 6.07) is 3.64. The van der Waals surface area contributed by atoms with Crippen molar-refractivity contribution >= 4 is 23.2 Å². The van der Waals surface area contributed by atoms with Crippen molar-refractivity contribution in [1.29, 1.82) is 0 Å². The fourth-order valence-corrected chi connectivity index (χ4v) is 1.96. The quantitative estimate of drug-likeness (QED) is 0.851. The van der Waals surface area contributed by atoms with Gasteiger partial charge in [0.1, 0.15) is 11.3 Å². The number of amides is 1. The number of nitrogens with one attached hydrogen (secondary N) is 2. The largest absolute Gasteiger partial charge is 0.482 e. The molecular weight excluding hydrogens is 367 g/mol. The van der Waals surface area contributed by atoms with Crippen molar-refractivity contribution in [3.63, 3.8) is 0 Å². The summed E-state index contributed by atoms with van der Waals surface area (Å²) >= 11 is 5.72. The number of anilines is 1. The number of hydrogen-bond donors (Lipinski definition) is 2. The van der Waals surface area contributed by atoms with Crippen LogP contribution in [-0.2, 0) is 7.05 Å². The van der Waals surface area contributed by atoms with E-state index in [1.54, 1.807) is 0 Å². The van der Waals surface area contributed by atoms with Crippen LogP contribution >= 0.6 is 11.6 Å². The van der Waals surface area contributed by atoms with Crippen LogP contribution < -0.4 is 21.3 Å². The van der Waals surface area contributed by atoms with Crippen LogP contribution in [0, 0.1) is 0 Å². The third-order valence-electron chi connectivity index (χ3n) is 2.94. The van der Waals surface area contributed by atoms with Gasteiger partial charge in [0.2, 0.25) is 0 Å². The van der Waals surface area contributed by atoms with Crippen LogP contribution in [0.2, 0.25) is 5.02 Å². The van der Waals surface area contributed by atoms with Crippen LogP contribution in [0.25, 0.3) is 0 Å². The predicted octanol–water partition coefficient (Wildman–Crippen LogP) is 1.92. The molecule has 0 saturated carbocycles. The number of nitrogens with zero attached hydrogens (tertiary/aromatic N) is 1. The third kappa shape index (κ3) is 4.86. The minimum Gasteiger partial charge on any atom is -0.482 e. The van der Waals surface area contributed by atoms with Gasteiger partial charge in [-0.3, -0.25) is 14.6 Å². The van der Waals surface area contributed by atoms with Gasteiger partial charge in [-0.15, -0.1) is 0 Å². The molecule has 0 unspecified atom stereocenters. The van der Waals surface area contributed by atoms with Crippen molar-refractivity contribution < 1.29 is 22.7 Å². The second kappa shape index (κ2) is 7.01. The van der Waals surface area contributed by atoms with Crippen LogP contribution in [0.5, 0.6) is 5.75 Å². The van der Waals surface area contributed by atoms with Gasteiger partial charge < -0.3 is 14.6 Å². The maximum atomic E-state index is 12.3. The average Bonchev–Trinajstić information content (AvgIpc) is 2.50. The zero-order chi connectivity index (χ0) is 18.8. The first-order valence-electron chi connectivity index (χ1n) is 6.67. The fraction of sp³-hybridized carbons (Fsp3) is 0.214. The lowest BCUT2D eigenvalue weighted by Gasteiger charge is -2.14. The van der Waals surface area contributed by atoms with E-state index in [0.29, 0.717) is 0 Å². The first-order chi connectivity index (χ1) is 11.6. The Morgan fingerprint density at radius 1 is 1.36 bits per heavy atom. The van der Waals surface area contributed by atoms with E-state index in [-0.39, 0.29) is 16.5 Å². The number of hydrogen-bond acceptors (Lipinski definition) is 4. The number of benzene rings is 1. The number of halogens is 4. The molecule has 2 N–H and O–H groups in total. The summed E-state index contributed by atoms with van der Waals surface area (Å²) in [7, 11) is 1.31. The Morgan fingerprint density at radius 3 is 2.68 bits per heavy atom. The Labute approximate surface area is 143 Å². The minimum absolute atomic E-state index is 0.0927. The molecule has 0 saturated heterocycles. The highest BCUT2D eigenvalue weighted by Gasteiger charge is 2.29. The molecule has 0 atom stereocenters. The number of rotatable bonds is 4. The highest BCUT2D eigenvalue weighted by Crippen LogP contribution is 2.30. The summed E-state index contributed by atoms with van der Waals surface area (Å²) in [5, 5.41) is 2.35. The molecule has 1 aromatic heterocycles. The van der Waals surface area contributed by atoms with Gasteiger partial charge in [0, 0.05) is 24.3 Å². The zero-order valence-electron chi connectivity index (χ0n) is 12.6. The minimum atomic E-state index is -4.58. The van der Waals surface area contributed by atoms with Crippen molar-refractivity contribution in [2.75, 3.05) is 11.9 Å². The number of alkyl halides is 3. The van der Waals surface area contributed by atoms with Gasteiger partial charge in [0.15, 0.2) is 6.61 Å². The molecule has 0 aliphatic carbocycles. The predicted molar refractivity (Wildman–Crippen MR) is 83.3 cm³/mol. The number of aromatic nitrogens is 2. The van der Waals surface area contributed by atoms with E-state index in [1.165, 1.54) is 19.2 Å². The van der Waals surface area contributed by atoms with Crippen molar-refractivity contribution in [3.05, 3.63) is 55.8 Å². The summed E-state index contributed by atoms with van der Waals surface area (Å²) in [4.78, 5) is 37.1. The van der Waals surface area contributed by atoms with Gasteiger partial charge >= 0.3 is 11.9 Å². The molecule has 0 aliphatic heterocycles. The van der Waals surface area contributed by atoms with E-state index in [1.807, 2.05) is 4.98 Å². The summed E-state index contributed by atoms with van der Waals surface area (Å²) in [5.74, 6) is -1.25. The molecule has 0 bridgehead atoms. The second-order valence-corrected chi connectivity index (χ2v) is 5.35. The standard InChI is InChI=1S/C14H11ClF3N3O4/c1-21-5-8(12(23)20-13(21)24)11(22)19-9-3-2-7(15)4-10(9)25-6-14(16,17)18/h2-5H,6H2,1H3,(H,19,22)(H,20,23,24). The molecular formula is C14H11ClF3N3O4. The normalized spacial score (nSPS) is 11.2. The zero-order valence-corrected chi connectivity index (χ0v) is 13.4. The lowest BCUT2D eigenvalue weighted by atomic mass is 10.2. The summed E-state index contributed by atoms with van der Waals surface area (Å²) in [6.45, 7) is -1.59. The van der Waals surface area contributed by atoms with Gasteiger partial charge in [0.05, 0.1) is 5.69 Å². The van der Waals surface area contributed by atoms with Crippen LogP contribution in [0.4, 0.5) is 18.9 Å². The molecule has 11 heteroatoms. The Kier molecular flexibility index (Phi) is 5.21. The maximum Gasteiger partial charge on any atom is 0.422 e. The van der Waals surface area contributed by atoms with E-state index in [0.717, 1.165) is 16.8 Å². The van der Waals surface area contributed by atoms with Gasteiger partial charge in [-0.05, 0) is 12.1 Å². The highest BCUT2D eigenvalue weighted by molar-refractivity contribution is 6.30. The van der Waals surface area contributed by atoms with E-state index in [4.69, 9.17) is 11.6 Å². The molecule has 0 radical (unpaired) electrons. The number of carbonyl (C=O) groups is 1. The Hall–Kier alpha value is -2.75. The van der Waals surface area contributed by atoms with Crippen LogP contribution in [0.1, 0.15) is 10.4 Å². The van der Waals surface area contributed by atoms with Crippen LogP contribution in [0.3, 0.4) is 0 Å². The Morgan fingerprint density at radius 2 is 2.04 bits per heavy atom. The van der Waals surface area contributed by atoms with Gasteiger partial charge in [-0.1, -0.05) is 11.6 Å². The fourth-order valence-electron chi connectivity index (χ4n) is 1.79. The molecule has 1 amide bonds. The number of H-pyrrole nitrogens is 1. The number of carbonyl (C=O) groups excluding carboxylic acids is 1. The lowest BCUT2D eigenvalue weighted by Crippen LogP contribution is -2.33. The number of aryl methyl sites for hydroxylation is 1. The molecule has 1 aromatic carbocycles. The average molecular weight is 378 g/mol. The first-order valence-corrected chi connectivity index (χ1v) is 7.05. The molecule has 25 heavy (non-hydrogen) atoms. The maximum absolute atomic E-state index is 12.3. The summed E-state index contributed by atoms with van der Waals surface area (Å²) in [6.07, 6.45) is -3.58. The summed E-state index contributed by atoms with van der Waals surface area (Å²) in [5.41, 5.74) is -2.18. The van der Waals surface area contributed by atoms with E-state index in [9.17, 15) is 27.6 Å². The van der Waals surface area contributed by atoms with Crippen molar-refractivity contribution in [1.82, 2.24) is 9.55 Å². The van der Waals surface area contributed by atoms with Crippen molar-refractivity contribution in [3.8, 4) is 5.75 Å². The molecule has 0 fully saturated rings. The van der Waals surface area contributed by atoms with Gasteiger partial charge in [-0.25, -0.2) is 4.79 Å². The molecule has 1 heterocycles. The monoisotopic (exact) mass is 377 g/mol. The molecule has 2 rings (SSSR count).